The van der Waals surface area contributed by atoms with Gasteiger partial charge in [0.05, 0.1) is 6.61 Å². The fourth-order valence-electron chi connectivity index (χ4n) is 0.996. The summed E-state index contributed by atoms with van der Waals surface area (Å²) in [5.41, 5.74) is 1.99. The molecule has 0 aliphatic rings. The lowest BCUT2D eigenvalue weighted by Gasteiger charge is -2.21. The van der Waals surface area contributed by atoms with Crippen LogP contribution in [0.1, 0.15) is 13.8 Å². The Balaban J connectivity index is 4.74. The van der Waals surface area contributed by atoms with Gasteiger partial charge in [-0.2, -0.15) is 0 Å². The van der Waals surface area contributed by atoms with Crippen LogP contribution >= 0.6 is 0 Å². The lowest BCUT2D eigenvalue weighted by molar-refractivity contribution is -0.138. The molecule has 0 saturated carbocycles. The fourth-order valence-corrected chi connectivity index (χ4v) is 2.50. The molecule has 0 atom stereocenters. The number of ether oxygens (including phenoxy) is 1. The third-order valence-electron chi connectivity index (χ3n) is 1.84. The van der Waals surface area contributed by atoms with E-state index in [4.69, 9.17) is 18.0 Å². The smallest absolute Gasteiger partial charge is 0.463 e. The molecule has 0 N–H and O–H groups in total. The summed E-state index contributed by atoms with van der Waals surface area (Å²) in [5.74, 6) is -0.388. The Hall–Kier alpha value is -0.693. The summed E-state index contributed by atoms with van der Waals surface area (Å²) >= 11 is 0. The molecule has 0 aliphatic heterocycles. The van der Waals surface area contributed by atoms with Crippen LogP contribution in [0.5, 0.6) is 0 Å². The molecule has 6 heteroatoms. The number of hydrogen-bond acceptors (Lipinski definition) is 5. The third kappa shape index (κ3) is 4.13. The quantitative estimate of drug-likeness (QED) is 0.388. The van der Waals surface area contributed by atoms with Crippen LogP contribution in [-0.4, -0.2) is 42.7 Å². The molecule has 0 fully saturated rings. The number of carbonyl (C=O) groups excluding carboxylic acids is 1. The van der Waals surface area contributed by atoms with Gasteiger partial charge in [-0.05, 0) is 19.5 Å². The average molecular weight is 234 g/mol. The van der Waals surface area contributed by atoms with E-state index < -0.39 is 8.80 Å². The minimum Gasteiger partial charge on any atom is -0.463 e. The Labute approximate surface area is 91.3 Å². The van der Waals surface area contributed by atoms with Crippen molar-refractivity contribution in [3.05, 3.63) is 11.3 Å². The second kappa shape index (κ2) is 6.73. The van der Waals surface area contributed by atoms with Crippen molar-refractivity contribution in [2.45, 2.75) is 13.8 Å². The van der Waals surface area contributed by atoms with Gasteiger partial charge in [0, 0.05) is 26.9 Å². The van der Waals surface area contributed by atoms with E-state index in [1.54, 1.807) is 19.5 Å². The largest absolute Gasteiger partial charge is 0.529 e. The van der Waals surface area contributed by atoms with E-state index in [1.807, 2.05) is 0 Å². The average Bonchev–Trinajstić information content (AvgIpc) is 2.26. The molecular weight excluding hydrogens is 216 g/mol. The van der Waals surface area contributed by atoms with E-state index in [2.05, 4.69) is 0 Å². The maximum Gasteiger partial charge on any atom is 0.529 e. The topological polar surface area (TPSA) is 54.0 Å². The predicted octanol–water partition coefficient (Wildman–Crippen LogP) is 0.913. The van der Waals surface area contributed by atoms with Crippen LogP contribution in [0.15, 0.2) is 11.3 Å². The van der Waals surface area contributed by atoms with E-state index in [9.17, 15) is 4.79 Å². The van der Waals surface area contributed by atoms with Gasteiger partial charge in [0.2, 0.25) is 0 Å². The molecule has 0 aliphatic carbocycles. The summed E-state index contributed by atoms with van der Waals surface area (Å²) < 4.78 is 20.3. The van der Waals surface area contributed by atoms with Crippen LogP contribution in [-0.2, 0) is 22.8 Å². The highest BCUT2D eigenvalue weighted by Gasteiger charge is 2.36. The van der Waals surface area contributed by atoms with Crippen molar-refractivity contribution in [1.29, 1.82) is 0 Å². The summed E-state index contributed by atoms with van der Waals surface area (Å²) in [7, 11) is 1.61. The molecule has 0 bridgehead atoms. The molecule has 0 aromatic carbocycles. The van der Waals surface area contributed by atoms with Gasteiger partial charge in [-0.15, -0.1) is 0 Å². The Morgan fingerprint density at radius 1 is 1.20 bits per heavy atom. The van der Waals surface area contributed by atoms with Gasteiger partial charge in [-0.1, -0.05) is 0 Å². The van der Waals surface area contributed by atoms with Gasteiger partial charge >= 0.3 is 14.8 Å². The first-order valence-electron chi connectivity index (χ1n) is 4.57. The Bertz CT molecular complexity index is 226. The van der Waals surface area contributed by atoms with Gasteiger partial charge in [-0.25, -0.2) is 4.79 Å². The van der Waals surface area contributed by atoms with Gasteiger partial charge in [0.1, 0.15) is 0 Å². The molecule has 0 heterocycles. The zero-order valence-corrected chi connectivity index (χ0v) is 10.8. The number of rotatable bonds is 6. The fraction of sp³-hybridized carbons (Fsp3) is 0.667. The summed E-state index contributed by atoms with van der Waals surface area (Å²) in [4.78, 5) is 11.3. The first-order chi connectivity index (χ1) is 7.05. The van der Waals surface area contributed by atoms with Crippen molar-refractivity contribution in [1.82, 2.24) is 0 Å². The van der Waals surface area contributed by atoms with E-state index in [-0.39, 0.29) is 5.97 Å². The number of carbonyl (C=O) groups is 1. The van der Waals surface area contributed by atoms with Crippen LogP contribution in [0.3, 0.4) is 0 Å². The van der Waals surface area contributed by atoms with E-state index >= 15 is 0 Å². The number of hydrogen-bond donors (Lipinski definition) is 0. The first kappa shape index (κ1) is 14.3. The molecule has 0 saturated heterocycles. The van der Waals surface area contributed by atoms with Gasteiger partial charge in [-0.3, -0.25) is 0 Å². The molecule has 0 radical (unpaired) electrons. The van der Waals surface area contributed by atoms with E-state index in [0.717, 1.165) is 0 Å². The van der Waals surface area contributed by atoms with E-state index in [0.29, 0.717) is 12.2 Å². The van der Waals surface area contributed by atoms with Gasteiger partial charge in [0.25, 0.3) is 0 Å². The van der Waals surface area contributed by atoms with Crippen molar-refractivity contribution in [3.63, 3.8) is 0 Å². The van der Waals surface area contributed by atoms with Crippen molar-refractivity contribution in [2.24, 2.45) is 0 Å². The van der Waals surface area contributed by atoms with Gasteiger partial charge < -0.3 is 18.0 Å². The highest BCUT2D eigenvalue weighted by molar-refractivity contribution is 6.66. The molecule has 0 aromatic rings. The van der Waals surface area contributed by atoms with Crippen LogP contribution in [0, 0.1) is 0 Å². The first-order valence-corrected chi connectivity index (χ1v) is 6.37. The normalized spacial score (nSPS) is 12.7. The summed E-state index contributed by atoms with van der Waals surface area (Å²) in [5, 5.41) is 0. The molecule has 88 valence electrons. The molecule has 15 heavy (non-hydrogen) atoms. The Kier molecular flexibility index (Phi) is 6.42. The Morgan fingerprint density at radius 3 is 2.00 bits per heavy atom. The van der Waals surface area contributed by atoms with Crippen molar-refractivity contribution in [3.8, 4) is 0 Å². The van der Waals surface area contributed by atoms with Crippen molar-refractivity contribution < 1.29 is 22.8 Å². The van der Waals surface area contributed by atoms with Crippen LogP contribution in [0.25, 0.3) is 0 Å². The zero-order chi connectivity index (χ0) is 11.9. The summed E-state index contributed by atoms with van der Waals surface area (Å²) in [6.45, 7) is 3.72. The van der Waals surface area contributed by atoms with Crippen LogP contribution < -0.4 is 0 Å². The SMILES string of the molecule is CCOC(=O)/C(C)=C/[Si](OC)(OC)OC. The van der Waals surface area contributed by atoms with Crippen LogP contribution in [0.2, 0.25) is 0 Å². The molecule has 0 aromatic heterocycles. The highest BCUT2D eigenvalue weighted by Crippen LogP contribution is 2.11. The molecular formula is C9H18O5Si. The summed E-state index contributed by atoms with van der Waals surface area (Å²) in [6.07, 6.45) is 0. The minimum atomic E-state index is -2.84. The summed E-state index contributed by atoms with van der Waals surface area (Å²) in [6, 6.07) is 0. The highest BCUT2D eigenvalue weighted by atomic mass is 28.4. The third-order valence-corrected chi connectivity index (χ3v) is 4.34. The predicted molar refractivity (Wildman–Crippen MR) is 57.2 cm³/mol. The molecule has 0 unspecified atom stereocenters. The zero-order valence-electron chi connectivity index (χ0n) is 9.83. The van der Waals surface area contributed by atoms with Crippen molar-refractivity contribution >= 4 is 14.8 Å². The minimum absolute atomic E-state index is 0.339. The Morgan fingerprint density at radius 2 is 1.67 bits per heavy atom. The standard InChI is InChI=1S/C9H18O5Si/c1-6-14-9(10)8(2)7-15(11-3,12-4)13-5/h7H,6H2,1-5H3/b8-7+. The monoisotopic (exact) mass is 234 g/mol. The van der Waals surface area contributed by atoms with Crippen molar-refractivity contribution in [2.75, 3.05) is 27.9 Å². The second-order valence-electron chi connectivity index (χ2n) is 2.76. The lowest BCUT2D eigenvalue weighted by Crippen LogP contribution is -2.41. The molecule has 0 amide bonds. The number of esters is 1. The van der Waals surface area contributed by atoms with Crippen LogP contribution in [0.4, 0.5) is 0 Å². The van der Waals surface area contributed by atoms with E-state index in [1.165, 1.54) is 21.3 Å². The maximum absolute atomic E-state index is 11.3. The molecule has 0 rings (SSSR count). The second-order valence-corrected chi connectivity index (χ2v) is 5.48. The van der Waals surface area contributed by atoms with Gasteiger partial charge in [0.15, 0.2) is 0 Å². The molecule has 0 spiro atoms. The maximum atomic E-state index is 11.3. The molecule has 5 nitrogen and oxygen atoms in total. The lowest BCUT2D eigenvalue weighted by atomic mass is 10.4.